The molecule has 2 aromatic heterocycles. The number of halogens is 3. The van der Waals surface area contributed by atoms with Crippen LogP contribution in [-0.4, -0.2) is 0 Å². The average molecular weight is 415 g/mol. The summed E-state index contributed by atoms with van der Waals surface area (Å²) in [5.74, 6) is 0.959. The summed E-state index contributed by atoms with van der Waals surface area (Å²) in [6.07, 6.45) is 1.72. The lowest BCUT2D eigenvalue weighted by molar-refractivity contribution is 0.517. The summed E-state index contributed by atoms with van der Waals surface area (Å²) in [5.41, 5.74) is 2.34. The van der Waals surface area contributed by atoms with E-state index in [-0.39, 0.29) is 4.83 Å². The number of aryl methyl sites for hydroxylation is 1. The molecular formula is C10H7Br3OS. The predicted octanol–water partition coefficient (Wildman–Crippen LogP) is 5.66. The zero-order valence-corrected chi connectivity index (χ0v) is 13.3. The molecule has 0 amide bonds. The van der Waals surface area contributed by atoms with Gasteiger partial charge in [0.05, 0.1) is 18.7 Å². The number of thiophene rings is 1. The van der Waals surface area contributed by atoms with E-state index in [1.165, 1.54) is 5.56 Å². The molecule has 15 heavy (non-hydrogen) atoms. The topological polar surface area (TPSA) is 13.1 Å². The van der Waals surface area contributed by atoms with E-state index in [9.17, 15) is 0 Å². The van der Waals surface area contributed by atoms with Crippen LogP contribution in [0, 0.1) is 6.92 Å². The molecule has 0 aliphatic heterocycles. The van der Waals surface area contributed by atoms with Crippen LogP contribution in [0.15, 0.2) is 30.4 Å². The first-order valence-electron chi connectivity index (χ1n) is 4.22. The molecule has 2 aromatic rings. The van der Waals surface area contributed by atoms with E-state index in [1.54, 1.807) is 17.6 Å². The molecule has 0 aliphatic rings. The van der Waals surface area contributed by atoms with E-state index in [2.05, 4.69) is 53.9 Å². The van der Waals surface area contributed by atoms with Gasteiger partial charge in [-0.2, -0.15) is 0 Å². The molecule has 0 fully saturated rings. The van der Waals surface area contributed by atoms with E-state index in [0.717, 1.165) is 18.9 Å². The summed E-state index contributed by atoms with van der Waals surface area (Å²) >= 11 is 12.3. The monoisotopic (exact) mass is 412 g/mol. The zero-order valence-electron chi connectivity index (χ0n) is 7.76. The third kappa shape index (κ3) is 2.40. The third-order valence-corrected chi connectivity index (χ3v) is 5.38. The molecule has 1 atom stereocenters. The van der Waals surface area contributed by atoms with E-state index in [0.29, 0.717) is 0 Å². The van der Waals surface area contributed by atoms with Crippen molar-refractivity contribution < 1.29 is 4.42 Å². The van der Waals surface area contributed by atoms with Crippen molar-refractivity contribution in [2.24, 2.45) is 0 Å². The Hall–Kier alpha value is 0.420. The lowest BCUT2D eigenvalue weighted by Gasteiger charge is -2.06. The second-order valence-corrected chi connectivity index (χ2v) is 7.77. The van der Waals surface area contributed by atoms with Gasteiger partial charge in [0.25, 0.3) is 0 Å². The maximum Gasteiger partial charge on any atom is 0.124 e. The Morgan fingerprint density at radius 3 is 2.60 bits per heavy atom. The summed E-state index contributed by atoms with van der Waals surface area (Å²) in [5, 5.41) is 0. The summed E-state index contributed by atoms with van der Waals surface area (Å²) in [6, 6.07) is 4.06. The lowest BCUT2D eigenvalue weighted by Crippen LogP contribution is -1.91. The highest BCUT2D eigenvalue weighted by Crippen LogP contribution is 2.42. The zero-order chi connectivity index (χ0) is 11.0. The Labute approximate surface area is 117 Å². The quantitative estimate of drug-likeness (QED) is 0.578. The van der Waals surface area contributed by atoms with Gasteiger partial charge in [-0.15, -0.1) is 11.3 Å². The van der Waals surface area contributed by atoms with E-state index < -0.39 is 0 Å². The van der Waals surface area contributed by atoms with Crippen LogP contribution < -0.4 is 0 Å². The van der Waals surface area contributed by atoms with Crippen molar-refractivity contribution in [3.05, 3.63) is 42.9 Å². The number of rotatable bonds is 2. The Morgan fingerprint density at radius 1 is 1.40 bits per heavy atom. The molecule has 1 nitrogen and oxygen atoms in total. The Balaban J connectivity index is 2.40. The normalized spacial score (nSPS) is 13.1. The first kappa shape index (κ1) is 11.9. The molecule has 2 heterocycles. The van der Waals surface area contributed by atoms with Crippen molar-refractivity contribution in [3.63, 3.8) is 0 Å². The van der Waals surface area contributed by atoms with Crippen LogP contribution in [0.2, 0.25) is 0 Å². The van der Waals surface area contributed by atoms with Gasteiger partial charge in [-0.05, 0) is 62.0 Å². The van der Waals surface area contributed by atoms with Crippen LogP contribution in [-0.2, 0) is 0 Å². The minimum atomic E-state index is 0.101. The molecule has 0 saturated carbocycles. The highest BCUT2D eigenvalue weighted by atomic mass is 79.9. The predicted molar refractivity (Wildman–Crippen MR) is 73.9 cm³/mol. The minimum absolute atomic E-state index is 0.101. The molecule has 0 radical (unpaired) electrons. The number of hydrogen-bond donors (Lipinski definition) is 0. The van der Waals surface area contributed by atoms with Crippen molar-refractivity contribution in [1.29, 1.82) is 0 Å². The second kappa shape index (κ2) is 4.73. The van der Waals surface area contributed by atoms with Crippen LogP contribution >= 0.6 is 59.1 Å². The Morgan fingerprint density at radius 2 is 2.13 bits per heavy atom. The lowest BCUT2D eigenvalue weighted by atomic mass is 10.1. The number of alkyl halides is 1. The fourth-order valence-corrected chi connectivity index (χ4v) is 5.50. The van der Waals surface area contributed by atoms with Gasteiger partial charge in [0, 0.05) is 0 Å². The van der Waals surface area contributed by atoms with Gasteiger partial charge in [0.1, 0.15) is 5.76 Å². The summed E-state index contributed by atoms with van der Waals surface area (Å²) in [7, 11) is 0. The molecular weight excluding hydrogens is 408 g/mol. The number of furan rings is 1. The fraction of sp³-hybridized carbons (Fsp3) is 0.200. The van der Waals surface area contributed by atoms with Crippen molar-refractivity contribution in [2.45, 2.75) is 11.8 Å². The Bertz CT molecular complexity index is 475. The fourth-order valence-electron chi connectivity index (χ4n) is 1.31. The average Bonchev–Trinajstić information content (AvgIpc) is 2.71. The van der Waals surface area contributed by atoms with Crippen molar-refractivity contribution >= 4 is 59.1 Å². The smallest absolute Gasteiger partial charge is 0.124 e. The first-order valence-corrected chi connectivity index (χ1v) is 7.54. The summed E-state index contributed by atoms with van der Waals surface area (Å²) < 4.78 is 7.69. The van der Waals surface area contributed by atoms with Gasteiger partial charge in [-0.25, -0.2) is 0 Å². The standard InChI is InChI=1S/C10H7Br3OS/c1-5-2-3-14-9(5)8(12)6-4-7(11)15-10(6)13/h2-4,8H,1H3. The highest BCUT2D eigenvalue weighted by Gasteiger charge is 2.20. The SMILES string of the molecule is Cc1ccoc1C(Br)c1cc(Br)sc1Br. The van der Waals surface area contributed by atoms with Crippen molar-refractivity contribution in [1.82, 2.24) is 0 Å². The second-order valence-electron chi connectivity index (χ2n) is 3.11. The van der Waals surface area contributed by atoms with E-state index >= 15 is 0 Å². The maximum atomic E-state index is 5.47. The first-order chi connectivity index (χ1) is 7.09. The molecule has 1 unspecified atom stereocenters. The van der Waals surface area contributed by atoms with Crippen LogP contribution in [0.5, 0.6) is 0 Å². The van der Waals surface area contributed by atoms with Crippen LogP contribution in [0.3, 0.4) is 0 Å². The molecule has 0 bridgehead atoms. The van der Waals surface area contributed by atoms with Gasteiger partial charge >= 0.3 is 0 Å². The van der Waals surface area contributed by atoms with Gasteiger partial charge < -0.3 is 4.42 Å². The van der Waals surface area contributed by atoms with Gasteiger partial charge in [0.15, 0.2) is 0 Å². The molecule has 0 N–H and O–H groups in total. The van der Waals surface area contributed by atoms with Crippen LogP contribution in [0.4, 0.5) is 0 Å². The molecule has 0 spiro atoms. The van der Waals surface area contributed by atoms with Crippen LogP contribution in [0.25, 0.3) is 0 Å². The van der Waals surface area contributed by atoms with Crippen molar-refractivity contribution in [3.8, 4) is 0 Å². The maximum absolute atomic E-state index is 5.47. The Kier molecular flexibility index (Phi) is 3.75. The molecule has 80 valence electrons. The van der Waals surface area contributed by atoms with Gasteiger partial charge in [0.2, 0.25) is 0 Å². The van der Waals surface area contributed by atoms with Crippen LogP contribution in [0.1, 0.15) is 21.7 Å². The molecule has 0 saturated heterocycles. The largest absolute Gasteiger partial charge is 0.468 e. The van der Waals surface area contributed by atoms with Crippen molar-refractivity contribution in [2.75, 3.05) is 0 Å². The third-order valence-electron chi connectivity index (χ3n) is 2.09. The molecule has 0 aromatic carbocycles. The van der Waals surface area contributed by atoms with E-state index in [4.69, 9.17) is 4.42 Å². The number of hydrogen-bond acceptors (Lipinski definition) is 2. The minimum Gasteiger partial charge on any atom is -0.468 e. The van der Waals surface area contributed by atoms with E-state index in [1.807, 2.05) is 13.0 Å². The summed E-state index contributed by atoms with van der Waals surface area (Å²) in [6.45, 7) is 2.04. The van der Waals surface area contributed by atoms with Gasteiger partial charge in [-0.3, -0.25) is 0 Å². The summed E-state index contributed by atoms with van der Waals surface area (Å²) in [4.78, 5) is 0.101. The van der Waals surface area contributed by atoms with Gasteiger partial charge in [-0.1, -0.05) is 15.9 Å². The molecule has 0 aliphatic carbocycles. The highest BCUT2D eigenvalue weighted by molar-refractivity contribution is 9.12. The molecule has 2 rings (SSSR count). The molecule has 5 heteroatoms.